The second-order valence-electron chi connectivity index (χ2n) is 4.91. The average Bonchev–Trinajstić information content (AvgIpc) is 3.12. The number of nitrogens with zero attached hydrogens (tertiary/aromatic N) is 2. The molecule has 1 N–H and O–H groups in total. The maximum atomic E-state index is 13.3. The lowest BCUT2D eigenvalue weighted by Crippen LogP contribution is -2.16. The summed E-state index contributed by atoms with van der Waals surface area (Å²) in [6, 6.07) is 7.50. The van der Waals surface area contributed by atoms with Gasteiger partial charge in [0.2, 0.25) is 0 Å². The second kappa shape index (κ2) is 5.31. The Morgan fingerprint density at radius 3 is 2.95 bits per heavy atom. The highest BCUT2D eigenvalue weighted by Crippen LogP contribution is 2.19. The van der Waals surface area contributed by atoms with Crippen LogP contribution in [0.3, 0.4) is 0 Å². The Balaban J connectivity index is 1.63. The fourth-order valence-corrected chi connectivity index (χ4v) is 2.07. The zero-order chi connectivity index (χ0) is 13.2. The molecule has 1 saturated carbocycles. The second-order valence-corrected chi connectivity index (χ2v) is 5.32. The summed E-state index contributed by atoms with van der Waals surface area (Å²) in [4.78, 5) is 0. The molecule has 0 aliphatic heterocycles. The molecule has 0 saturated heterocycles. The van der Waals surface area contributed by atoms with Crippen LogP contribution in [-0.4, -0.2) is 15.8 Å². The van der Waals surface area contributed by atoms with Gasteiger partial charge in [0.25, 0.3) is 0 Å². The molecule has 3 nitrogen and oxygen atoms in total. The number of halogens is 2. The molecule has 0 atom stereocenters. The van der Waals surface area contributed by atoms with E-state index in [1.54, 1.807) is 6.07 Å². The van der Waals surface area contributed by atoms with Crippen LogP contribution in [0, 0.1) is 5.82 Å². The summed E-state index contributed by atoms with van der Waals surface area (Å²) in [7, 11) is 0. The Hall–Kier alpha value is -1.39. The summed E-state index contributed by atoms with van der Waals surface area (Å²) >= 11 is 5.66. The third kappa shape index (κ3) is 3.33. The molecular weight excluding hydrogens is 265 g/mol. The Labute approximate surface area is 116 Å². The van der Waals surface area contributed by atoms with Crippen LogP contribution in [0.1, 0.15) is 24.1 Å². The third-order valence-corrected chi connectivity index (χ3v) is 3.48. The zero-order valence-electron chi connectivity index (χ0n) is 10.4. The fraction of sp³-hybridized carbons (Fsp3) is 0.357. The minimum absolute atomic E-state index is 0.151. The number of benzene rings is 1. The molecule has 0 spiro atoms. The van der Waals surface area contributed by atoms with Crippen molar-refractivity contribution in [1.29, 1.82) is 0 Å². The van der Waals surface area contributed by atoms with E-state index < -0.39 is 0 Å². The van der Waals surface area contributed by atoms with Crippen molar-refractivity contribution in [3.63, 3.8) is 0 Å². The monoisotopic (exact) mass is 279 g/mol. The van der Waals surface area contributed by atoms with E-state index in [-0.39, 0.29) is 10.8 Å². The predicted octanol–water partition coefficient (Wildman–Crippen LogP) is 2.98. The van der Waals surface area contributed by atoms with Gasteiger partial charge in [-0.25, -0.2) is 4.39 Å². The summed E-state index contributed by atoms with van der Waals surface area (Å²) < 4.78 is 15.1. The summed E-state index contributed by atoms with van der Waals surface area (Å²) in [6.07, 6.45) is 4.45. The van der Waals surface area contributed by atoms with Gasteiger partial charge in [-0.05, 0) is 36.6 Å². The topological polar surface area (TPSA) is 29.9 Å². The first-order valence-corrected chi connectivity index (χ1v) is 6.78. The minimum Gasteiger partial charge on any atom is -0.308 e. The predicted molar refractivity (Wildman–Crippen MR) is 72.6 cm³/mol. The lowest BCUT2D eigenvalue weighted by atomic mass is 10.2. The van der Waals surface area contributed by atoms with Crippen molar-refractivity contribution in [2.75, 3.05) is 0 Å². The average molecular weight is 280 g/mol. The summed E-state index contributed by atoms with van der Waals surface area (Å²) in [5.74, 6) is -0.387. The van der Waals surface area contributed by atoms with Crippen LogP contribution >= 0.6 is 11.6 Å². The van der Waals surface area contributed by atoms with Crippen molar-refractivity contribution in [2.45, 2.75) is 32.0 Å². The van der Waals surface area contributed by atoms with Crippen LogP contribution in [0.2, 0.25) is 5.02 Å². The summed E-state index contributed by atoms with van der Waals surface area (Å²) in [6.45, 7) is 1.35. The van der Waals surface area contributed by atoms with E-state index >= 15 is 0 Å². The van der Waals surface area contributed by atoms with Crippen LogP contribution in [0.15, 0.2) is 30.5 Å². The molecule has 1 aromatic carbocycles. The van der Waals surface area contributed by atoms with Crippen LogP contribution in [0.5, 0.6) is 0 Å². The van der Waals surface area contributed by atoms with Gasteiger partial charge in [0.05, 0.1) is 17.3 Å². The van der Waals surface area contributed by atoms with Crippen molar-refractivity contribution in [3.05, 3.63) is 52.6 Å². The fourth-order valence-electron chi connectivity index (χ4n) is 1.95. The van der Waals surface area contributed by atoms with Crippen molar-refractivity contribution in [3.8, 4) is 0 Å². The number of aromatic nitrogens is 2. The Morgan fingerprint density at radius 1 is 1.37 bits per heavy atom. The van der Waals surface area contributed by atoms with Crippen LogP contribution in [-0.2, 0) is 13.1 Å². The summed E-state index contributed by atoms with van der Waals surface area (Å²) in [5, 5.41) is 8.02. The number of hydrogen-bond acceptors (Lipinski definition) is 2. The number of nitrogens with one attached hydrogen (secondary N) is 1. The van der Waals surface area contributed by atoms with Gasteiger partial charge in [-0.15, -0.1) is 0 Å². The molecule has 100 valence electrons. The highest BCUT2D eigenvalue weighted by atomic mass is 35.5. The summed E-state index contributed by atoms with van der Waals surface area (Å²) in [5.41, 5.74) is 1.87. The lowest BCUT2D eigenvalue weighted by Gasteiger charge is -2.03. The van der Waals surface area contributed by atoms with E-state index in [0.717, 1.165) is 17.8 Å². The molecule has 0 bridgehead atoms. The number of hydrogen-bond donors (Lipinski definition) is 1. The van der Waals surface area contributed by atoms with E-state index in [4.69, 9.17) is 11.6 Å². The molecule has 1 aromatic heterocycles. The Kier molecular flexibility index (Phi) is 3.53. The zero-order valence-corrected chi connectivity index (χ0v) is 11.2. The van der Waals surface area contributed by atoms with Crippen molar-refractivity contribution < 1.29 is 4.39 Å². The molecular formula is C14H15ClFN3. The van der Waals surface area contributed by atoms with Gasteiger partial charge in [-0.3, -0.25) is 4.68 Å². The largest absolute Gasteiger partial charge is 0.308 e. The van der Waals surface area contributed by atoms with Gasteiger partial charge in [-0.2, -0.15) is 5.10 Å². The number of rotatable bonds is 5. The molecule has 0 unspecified atom stereocenters. The van der Waals surface area contributed by atoms with E-state index in [1.165, 1.54) is 18.9 Å². The maximum Gasteiger partial charge on any atom is 0.142 e. The first kappa shape index (κ1) is 12.6. The van der Waals surface area contributed by atoms with E-state index in [1.807, 2.05) is 23.0 Å². The van der Waals surface area contributed by atoms with Gasteiger partial charge in [0.15, 0.2) is 0 Å². The minimum atomic E-state index is -0.387. The first-order chi connectivity index (χ1) is 9.20. The SMILES string of the molecule is Fc1cc(Cn2ccc(CNC3CC3)n2)ccc1Cl. The van der Waals surface area contributed by atoms with Crippen molar-refractivity contribution >= 4 is 11.6 Å². The molecule has 1 fully saturated rings. The first-order valence-electron chi connectivity index (χ1n) is 6.40. The molecule has 5 heteroatoms. The van der Waals surface area contributed by atoms with Crippen LogP contribution in [0.25, 0.3) is 0 Å². The van der Waals surface area contributed by atoms with Gasteiger partial charge in [-0.1, -0.05) is 17.7 Å². The van der Waals surface area contributed by atoms with Gasteiger partial charge >= 0.3 is 0 Å². The molecule has 3 rings (SSSR count). The van der Waals surface area contributed by atoms with Gasteiger partial charge in [0, 0.05) is 18.8 Å². The van der Waals surface area contributed by atoms with Gasteiger partial charge < -0.3 is 5.32 Å². The Bertz CT molecular complexity index is 578. The van der Waals surface area contributed by atoms with Crippen LogP contribution < -0.4 is 5.32 Å². The smallest absolute Gasteiger partial charge is 0.142 e. The molecule has 0 amide bonds. The molecule has 1 aliphatic rings. The quantitative estimate of drug-likeness (QED) is 0.912. The normalized spacial score (nSPS) is 14.8. The molecule has 1 aliphatic carbocycles. The lowest BCUT2D eigenvalue weighted by molar-refractivity contribution is 0.613. The third-order valence-electron chi connectivity index (χ3n) is 3.17. The maximum absolute atomic E-state index is 13.3. The van der Waals surface area contributed by atoms with E-state index in [2.05, 4.69) is 10.4 Å². The molecule has 0 radical (unpaired) electrons. The standard InChI is InChI=1S/C14H15ClFN3/c15-13-4-1-10(7-14(13)16)9-19-6-5-12(18-19)8-17-11-2-3-11/h1,4-7,11,17H,2-3,8-9H2. The van der Waals surface area contributed by atoms with Crippen LogP contribution in [0.4, 0.5) is 4.39 Å². The highest BCUT2D eigenvalue weighted by molar-refractivity contribution is 6.30. The van der Waals surface area contributed by atoms with Crippen molar-refractivity contribution in [2.24, 2.45) is 0 Å². The highest BCUT2D eigenvalue weighted by Gasteiger charge is 2.20. The van der Waals surface area contributed by atoms with Gasteiger partial charge in [0.1, 0.15) is 5.82 Å². The molecule has 2 aromatic rings. The molecule has 19 heavy (non-hydrogen) atoms. The van der Waals surface area contributed by atoms with E-state index in [9.17, 15) is 4.39 Å². The molecule has 1 heterocycles. The van der Waals surface area contributed by atoms with E-state index in [0.29, 0.717) is 12.6 Å². The Morgan fingerprint density at radius 2 is 2.21 bits per heavy atom. The van der Waals surface area contributed by atoms with Crippen molar-refractivity contribution in [1.82, 2.24) is 15.1 Å².